The number of methoxy groups -OCH3 is 1. The molecule has 0 saturated carbocycles. The second-order valence-electron chi connectivity index (χ2n) is 4.49. The van der Waals surface area contributed by atoms with E-state index in [9.17, 15) is 4.79 Å². The molecule has 5 heteroatoms. The lowest BCUT2D eigenvalue weighted by Gasteiger charge is -2.20. The van der Waals surface area contributed by atoms with Gasteiger partial charge in [-0.1, -0.05) is 19.1 Å². The number of halogens is 1. The zero-order chi connectivity index (χ0) is 15.0. The average molecular weight is 300 g/mol. The standard InChI is InChI=1S/C15H22ClNO3/c1-4-10-20-15-12(6-5-7-13(15)19-3)11-17(2)14(18)8-9-16/h5-7H,4,8-11H2,1-3H3. The van der Waals surface area contributed by atoms with E-state index in [-0.39, 0.29) is 5.91 Å². The zero-order valence-electron chi connectivity index (χ0n) is 12.3. The van der Waals surface area contributed by atoms with E-state index < -0.39 is 0 Å². The first kappa shape index (κ1) is 16.6. The van der Waals surface area contributed by atoms with Gasteiger partial charge in [-0.25, -0.2) is 0 Å². The first-order chi connectivity index (χ1) is 9.63. The molecule has 0 unspecified atom stereocenters. The Kier molecular flexibility index (Phi) is 7.23. The minimum atomic E-state index is 0.0178. The smallest absolute Gasteiger partial charge is 0.223 e. The Labute approximate surface area is 125 Å². The van der Waals surface area contributed by atoms with E-state index in [4.69, 9.17) is 21.1 Å². The van der Waals surface area contributed by atoms with Crippen molar-refractivity contribution in [2.24, 2.45) is 0 Å². The number of amides is 1. The molecular formula is C15H22ClNO3. The highest BCUT2D eigenvalue weighted by Crippen LogP contribution is 2.32. The normalized spacial score (nSPS) is 10.2. The highest BCUT2D eigenvalue weighted by atomic mass is 35.5. The van der Waals surface area contributed by atoms with Crippen LogP contribution < -0.4 is 9.47 Å². The second-order valence-corrected chi connectivity index (χ2v) is 4.86. The van der Waals surface area contributed by atoms with Gasteiger partial charge in [0.25, 0.3) is 0 Å². The summed E-state index contributed by atoms with van der Waals surface area (Å²) < 4.78 is 11.1. The van der Waals surface area contributed by atoms with Crippen LogP contribution in [0, 0.1) is 0 Å². The largest absolute Gasteiger partial charge is 0.493 e. The maximum Gasteiger partial charge on any atom is 0.223 e. The summed E-state index contributed by atoms with van der Waals surface area (Å²) in [6, 6.07) is 5.69. The molecule has 0 atom stereocenters. The van der Waals surface area contributed by atoms with Gasteiger partial charge in [0, 0.05) is 31.5 Å². The molecule has 0 aromatic heterocycles. The van der Waals surface area contributed by atoms with Crippen molar-refractivity contribution in [3.8, 4) is 11.5 Å². The number of hydrogen-bond donors (Lipinski definition) is 0. The molecule has 1 rings (SSSR count). The number of nitrogens with zero attached hydrogens (tertiary/aromatic N) is 1. The van der Waals surface area contributed by atoms with E-state index in [2.05, 4.69) is 0 Å². The van der Waals surface area contributed by atoms with Gasteiger partial charge in [0.2, 0.25) is 5.91 Å². The van der Waals surface area contributed by atoms with Gasteiger partial charge in [0.1, 0.15) is 0 Å². The lowest BCUT2D eigenvalue weighted by Crippen LogP contribution is -2.26. The van der Waals surface area contributed by atoms with E-state index in [1.807, 2.05) is 25.1 Å². The fourth-order valence-electron chi connectivity index (χ4n) is 1.83. The molecular weight excluding hydrogens is 278 g/mol. The zero-order valence-corrected chi connectivity index (χ0v) is 13.1. The Hall–Kier alpha value is -1.42. The van der Waals surface area contributed by atoms with Gasteiger partial charge in [-0.2, -0.15) is 0 Å². The molecule has 0 radical (unpaired) electrons. The molecule has 0 bridgehead atoms. The quantitative estimate of drug-likeness (QED) is 0.693. The fraction of sp³-hybridized carbons (Fsp3) is 0.533. The SMILES string of the molecule is CCCOc1c(CN(C)C(=O)CCCl)cccc1OC. The molecule has 1 amide bonds. The van der Waals surface area contributed by atoms with Gasteiger partial charge in [-0.3, -0.25) is 4.79 Å². The molecule has 20 heavy (non-hydrogen) atoms. The number of benzene rings is 1. The van der Waals surface area contributed by atoms with Crippen molar-refractivity contribution in [2.45, 2.75) is 26.3 Å². The molecule has 0 spiro atoms. The summed E-state index contributed by atoms with van der Waals surface area (Å²) in [5.74, 6) is 1.75. The van der Waals surface area contributed by atoms with Crippen LogP contribution >= 0.6 is 11.6 Å². The molecule has 0 heterocycles. The molecule has 0 saturated heterocycles. The number of hydrogen-bond acceptors (Lipinski definition) is 3. The highest BCUT2D eigenvalue weighted by molar-refractivity contribution is 6.18. The molecule has 0 aliphatic carbocycles. The van der Waals surface area contributed by atoms with Crippen LogP contribution in [0.1, 0.15) is 25.3 Å². The van der Waals surface area contributed by atoms with Crippen LogP contribution in [0.25, 0.3) is 0 Å². The van der Waals surface area contributed by atoms with Gasteiger partial charge in [0.15, 0.2) is 11.5 Å². The first-order valence-electron chi connectivity index (χ1n) is 6.72. The summed E-state index contributed by atoms with van der Waals surface area (Å²) in [4.78, 5) is 13.4. The number of para-hydroxylation sites is 1. The molecule has 0 fully saturated rings. The van der Waals surface area contributed by atoms with E-state index in [0.717, 1.165) is 12.0 Å². The number of ether oxygens (including phenoxy) is 2. The van der Waals surface area contributed by atoms with Crippen molar-refractivity contribution in [1.29, 1.82) is 0 Å². The molecule has 112 valence electrons. The molecule has 1 aromatic rings. The number of carbonyl (C=O) groups is 1. The molecule has 1 aromatic carbocycles. The number of rotatable bonds is 8. The fourth-order valence-corrected chi connectivity index (χ4v) is 1.99. The lowest BCUT2D eigenvalue weighted by atomic mass is 10.1. The third-order valence-electron chi connectivity index (χ3n) is 2.87. The number of alkyl halides is 1. The average Bonchev–Trinajstić information content (AvgIpc) is 2.45. The summed E-state index contributed by atoms with van der Waals surface area (Å²) >= 11 is 5.60. The van der Waals surface area contributed by atoms with Crippen LogP contribution in [-0.4, -0.2) is 37.5 Å². The van der Waals surface area contributed by atoms with Gasteiger partial charge in [0.05, 0.1) is 13.7 Å². The summed E-state index contributed by atoms with van der Waals surface area (Å²) in [5.41, 5.74) is 0.934. The van der Waals surface area contributed by atoms with Crippen LogP contribution in [0.5, 0.6) is 11.5 Å². The van der Waals surface area contributed by atoms with Crippen molar-refractivity contribution < 1.29 is 14.3 Å². The maximum atomic E-state index is 11.8. The summed E-state index contributed by atoms with van der Waals surface area (Å²) in [6.45, 7) is 3.14. The maximum absolute atomic E-state index is 11.8. The molecule has 0 aliphatic heterocycles. The molecule has 4 nitrogen and oxygen atoms in total. The summed E-state index contributed by atoms with van der Waals surface area (Å²) in [6.07, 6.45) is 1.26. The highest BCUT2D eigenvalue weighted by Gasteiger charge is 2.15. The van der Waals surface area contributed by atoms with Crippen LogP contribution in [0.15, 0.2) is 18.2 Å². The van der Waals surface area contributed by atoms with Crippen molar-refractivity contribution >= 4 is 17.5 Å². The van der Waals surface area contributed by atoms with Crippen LogP contribution in [-0.2, 0) is 11.3 Å². The Balaban J connectivity index is 2.89. The van der Waals surface area contributed by atoms with Crippen molar-refractivity contribution in [2.75, 3.05) is 26.6 Å². The van der Waals surface area contributed by atoms with E-state index in [0.29, 0.717) is 37.0 Å². The van der Waals surface area contributed by atoms with E-state index in [1.165, 1.54) is 0 Å². The van der Waals surface area contributed by atoms with E-state index >= 15 is 0 Å². The van der Waals surface area contributed by atoms with Gasteiger partial charge in [-0.05, 0) is 12.5 Å². The predicted molar refractivity (Wildman–Crippen MR) is 80.6 cm³/mol. The van der Waals surface area contributed by atoms with Crippen molar-refractivity contribution in [3.05, 3.63) is 23.8 Å². The Morgan fingerprint density at radius 1 is 1.40 bits per heavy atom. The lowest BCUT2D eigenvalue weighted by molar-refractivity contribution is -0.130. The summed E-state index contributed by atoms with van der Waals surface area (Å²) in [5, 5.41) is 0. The Morgan fingerprint density at radius 2 is 2.15 bits per heavy atom. The van der Waals surface area contributed by atoms with Gasteiger partial charge >= 0.3 is 0 Å². The topological polar surface area (TPSA) is 38.8 Å². The monoisotopic (exact) mass is 299 g/mol. The van der Waals surface area contributed by atoms with Crippen LogP contribution in [0.2, 0.25) is 0 Å². The van der Waals surface area contributed by atoms with Crippen LogP contribution in [0.4, 0.5) is 0 Å². The summed E-state index contributed by atoms with van der Waals surface area (Å²) in [7, 11) is 3.37. The van der Waals surface area contributed by atoms with Crippen LogP contribution in [0.3, 0.4) is 0 Å². The third kappa shape index (κ3) is 4.60. The number of carbonyl (C=O) groups excluding carboxylic acids is 1. The Morgan fingerprint density at radius 3 is 2.75 bits per heavy atom. The van der Waals surface area contributed by atoms with Crippen molar-refractivity contribution in [1.82, 2.24) is 4.90 Å². The first-order valence-corrected chi connectivity index (χ1v) is 7.26. The second kappa shape index (κ2) is 8.69. The third-order valence-corrected chi connectivity index (χ3v) is 3.06. The van der Waals surface area contributed by atoms with Crippen molar-refractivity contribution in [3.63, 3.8) is 0 Å². The minimum Gasteiger partial charge on any atom is -0.493 e. The van der Waals surface area contributed by atoms with E-state index in [1.54, 1.807) is 19.1 Å². The Bertz CT molecular complexity index is 437. The molecule has 0 N–H and O–H groups in total. The predicted octanol–water partition coefficient (Wildman–Crippen LogP) is 3.07. The van der Waals surface area contributed by atoms with Gasteiger partial charge < -0.3 is 14.4 Å². The molecule has 0 aliphatic rings. The minimum absolute atomic E-state index is 0.0178. The van der Waals surface area contributed by atoms with Gasteiger partial charge in [-0.15, -0.1) is 11.6 Å².